The van der Waals surface area contributed by atoms with Crippen LogP contribution >= 0.6 is 11.5 Å². The third-order valence-electron chi connectivity index (χ3n) is 2.95. The standard InChI is InChI=1S/C13H13N3O2S/c1-8-15-12(19-16-8)7-14-10-3-2-9-4-5-18-13(17)11(9)6-10/h2-3,6,14H,4-5,7H2,1H3. The number of carbonyl (C=O) groups excluding carboxylic acids is 1. The molecule has 0 fully saturated rings. The summed E-state index contributed by atoms with van der Waals surface area (Å²) >= 11 is 1.38. The van der Waals surface area contributed by atoms with E-state index < -0.39 is 0 Å². The van der Waals surface area contributed by atoms with Crippen molar-refractivity contribution in [3.63, 3.8) is 0 Å². The van der Waals surface area contributed by atoms with E-state index in [4.69, 9.17) is 4.74 Å². The summed E-state index contributed by atoms with van der Waals surface area (Å²) in [5.74, 6) is 0.549. The molecule has 0 spiro atoms. The summed E-state index contributed by atoms with van der Waals surface area (Å²) in [5.41, 5.74) is 2.60. The summed E-state index contributed by atoms with van der Waals surface area (Å²) in [6.07, 6.45) is 0.789. The molecule has 0 amide bonds. The fourth-order valence-corrected chi connectivity index (χ4v) is 2.60. The molecular weight excluding hydrogens is 262 g/mol. The number of cyclic esters (lactones) is 1. The molecule has 1 aliphatic heterocycles. The molecule has 1 aromatic carbocycles. The van der Waals surface area contributed by atoms with Gasteiger partial charge in [-0.15, -0.1) is 0 Å². The third-order valence-corrected chi connectivity index (χ3v) is 3.75. The molecule has 0 saturated carbocycles. The van der Waals surface area contributed by atoms with Crippen LogP contribution in [0.4, 0.5) is 5.69 Å². The lowest BCUT2D eigenvalue weighted by Gasteiger charge is -2.16. The van der Waals surface area contributed by atoms with Crippen molar-refractivity contribution in [2.45, 2.75) is 19.9 Å². The van der Waals surface area contributed by atoms with Gasteiger partial charge in [-0.05, 0) is 36.2 Å². The van der Waals surface area contributed by atoms with Gasteiger partial charge in [0.2, 0.25) is 0 Å². The van der Waals surface area contributed by atoms with Crippen LogP contribution in [0.1, 0.15) is 26.8 Å². The maximum absolute atomic E-state index is 11.6. The summed E-state index contributed by atoms with van der Waals surface area (Å²) in [7, 11) is 0. The number of benzene rings is 1. The Morgan fingerprint density at radius 2 is 2.37 bits per heavy atom. The minimum Gasteiger partial charge on any atom is -0.462 e. The molecular formula is C13H13N3O2S. The van der Waals surface area contributed by atoms with E-state index in [-0.39, 0.29) is 5.97 Å². The number of hydrogen-bond donors (Lipinski definition) is 1. The number of carbonyl (C=O) groups is 1. The Balaban J connectivity index is 1.75. The summed E-state index contributed by atoms with van der Waals surface area (Å²) in [5, 5.41) is 4.17. The minimum absolute atomic E-state index is 0.239. The maximum Gasteiger partial charge on any atom is 0.338 e. The van der Waals surface area contributed by atoms with Crippen LogP contribution in [0.25, 0.3) is 0 Å². The van der Waals surface area contributed by atoms with Gasteiger partial charge in [-0.3, -0.25) is 0 Å². The Labute approximate surface area is 114 Å². The van der Waals surface area contributed by atoms with Crippen molar-refractivity contribution < 1.29 is 9.53 Å². The second kappa shape index (κ2) is 4.97. The number of nitrogens with one attached hydrogen (secondary N) is 1. The van der Waals surface area contributed by atoms with Gasteiger partial charge in [0.25, 0.3) is 0 Å². The van der Waals surface area contributed by atoms with Crippen LogP contribution < -0.4 is 5.32 Å². The minimum atomic E-state index is -0.239. The summed E-state index contributed by atoms with van der Waals surface area (Å²) < 4.78 is 9.17. The molecule has 0 bridgehead atoms. The first-order chi connectivity index (χ1) is 9.22. The van der Waals surface area contributed by atoms with Gasteiger partial charge in [0.05, 0.1) is 18.7 Å². The van der Waals surface area contributed by atoms with Crippen LogP contribution in [-0.2, 0) is 17.7 Å². The SMILES string of the molecule is Cc1nsc(CNc2ccc3c(c2)C(=O)OCC3)n1. The molecule has 3 rings (SSSR count). The summed E-state index contributed by atoms with van der Waals surface area (Å²) in [6.45, 7) is 2.96. The van der Waals surface area contributed by atoms with E-state index in [0.717, 1.165) is 28.5 Å². The number of ether oxygens (including phenoxy) is 1. The Morgan fingerprint density at radius 1 is 1.47 bits per heavy atom. The largest absolute Gasteiger partial charge is 0.462 e. The zero-order chi connectivity index (χ0) is 13.2. The van der Waals surface area contributed by atoms with Gasteiger partial charge in [-0.1, -0.05) is 6.07 Å². The molecule has 2 aromatic rings. The Morgan fingerprint density at radius 3 is 3.16 bits per heavy atom. The van der Waals surface area contributed by atoms with Crippen molar-refractivity contribution in [1.29, 1.82) is 0 Å². The van der Waals surface area contributed by atoms with Gasteiger partial charge in [-0.25, -0.2) is 9.78 Å². The lowest BCUT2D eigenvalue weighted by atomic mass is 10.0. The van der Waals surface area contributed by atoms with E-state index >= 15 is 0 Å². The van der Waals surface area contributed by atoms with Crippen molar-refractivity contribution in [1.82, 2.24) is 9.36 Å². The zero-order valence-corrected chi connectivity index (χ0v) is 11.3. The van der Waals surface area contributed by atoms with Gasteiger partial charge < -0.3 is 10.1 Å². The molecule has 0 radical (unpaired) electrons. The highest BCUT2D eigenvalue weighted by atomic mass is 32.1. The number of hydrogen-bond acceptors (Lipinski definition) is 6. The normalized spacial score (nSPS) is 13.8. The van der Waals surface area contributed by atoms with Crippen LogP contribution in [0.3, 0.4) is 0 Å². The Kier molecular flexibility index (Phi) is 3.16. The highest BCUT2D eigenvalue weighted by Crippen LogP contribution is 2.21. The Hall–Kier alpha value is -1.95. The molecule has 5 nitrogen and oxygen atoms in total. The molecule has 0 saturated heterocycles. The van der Waals surface area contributed by atoms with Crippen molar-refractivity contribution in [3.8, 4) is 0 Å². The zero-order valence-electron chi connectivity index (χ0n) is 10.5. The summed E-state index contributed by atoms with van der Waals surface area (Å²) in [6, 6.07) is 5.79. The van der Waals surface area contributed by atoms with Crippen LogP contribution in [0.15, 0.2) is 18.2 Å². The molecule has 98 valence electrons. The van der Waals surface area contributed by atoms with Crippen molar-refractivity contribution >= 4 is 23.2 Å². The number of fused-ring (bicyclic) bond motifs is 1. The van der Waals surface area contributed by atoms with Crippen LogP contribution in [0, 0.1) is 6.92 Å². The molecule has 2 heterocycles. The molecule has 1 aliphatic rings. The van der Waals surface area contributed by atoms with Gasteiger partial charge >= 0.3 is 5.97 Å². The first-order valence-corrected chi connectivity index (χ1v) is 6.83. The highest BCUT2D eigenvalue weighted by molar-refractivity contribution is 7.05. The van der Waals surface area contributed by atoms with Gasteiger partial charge in [0.15, 0.2) is 0 Å². The van der Waals surface area contributed by atoms with Crippen molar-refractivity contribution in [2.75, 3.05) is 11.9 Å². The fraction of sp³-hybridized carbons (Fsp3) is 0.308. The number of aryl methyl sites for hydroxylation is 1. The quantitative estimate of drug-likeness (QED) is 0.870. The topological polar surface area (TPSA) is 64.1 Å². The molecule has 1 aromatic heterocycles. The lowest BCUT2D eigenvalue weighted by molar-refractivity contribution is 0.0480. The van der Waals surface area contributed by atoms with E-state index in [0.29, 0.717) is 18.7 Å². The number of nitrogens with zero attached hydrogens (tertiary/aromatic N) is 2. The van der Waals surface area contributed by atoms with Crippen LogP contribution in [0.2, 0.25) is 0 Å². The van der Waals surface area contributed by atoms with Crippen molar-refractivity contribution in [3.05, 3.63) is 40.2 Å². The monoisotopic (exact) mass is 275 g/mol. The smallest absolute Gasteiger partial charge is 0.338 e. The van der Waals surface area contributed by atoms with Crippen LogP contribution in [0.5, 0.6) is 0 Å². The predicted molar refractivity (Wildman–Crippen MR) is 72.4 cm³/mol. The second-order valence-electron chi connectivity index (χ2n) is 4.35. The highest BCUT2D eigenvalue weighted by Gasteiger charge is 2.18. The van der Waals surface area contributed by atoms with Gasteiger partial charge in [0, 0.05) is 12.1 Å². The molecule has 0 unspecified atom stereocenters. The molecule has 19 heavy (non-hydrogen) atoms. The number of esters is 1. The molecule has 0 atom stereocenters. The Bertz CT molecular complexity index is 624. The first kappa shape index (κ1) is 12.1. The van der Waals surface area contributed by atoms with Gasteiger partial charge in [0.1, 0.15) is 10.8 Å². The van der Waals surface area contributed by atoms with E-state index in [1.807, 2.05) is 25.1 Å². The molecule has 1 N–H and O–H groups in total. The van der Waals surface area contributed by atoms with Crippen molar-refractivity contribution in [2.24, 2.45) is 0 Å². The van der Waals surface area contributed by atoms with E-state index in [2.05, 4.69) is 14.7 Å². The molecule has 0 aliphatic carbocycles. The predicted octanol–water partition coefficient (Wildman–Crippen LogP) is 2.17. The summed E-state index contributed by atoms with van der Waals surface area (Å²) in [4.78, 5) is 15.9. The van der Waals surface area contributed by atoms with Crippen LogP contribution in [-0.4, -0.2) is 21.9 Å². The lowest BCUT2D eigenvalue weighted by Crippen LogP contribution is -2.17. The first-order valence-electron chi connectivity index (χ1n) is 6.05. The third kappa shape index (κ3) is 2.58. The number of anilines is 1. The van der Waals surface area contributed by atoms with Gasteiger partial charge in [-0.2, -0.15) is 4.37 Å². The van der Waals surface area contributed by atoms with E-state index in [9.17, 15) is 4.79 Å². The van der Waals surface area contributed by atoms with E-state index in [1.54, 1.807) is 0 Å². The van der Waals surface area contributed by atoms with E-state index in [1.165, 1.54) is 11.5 Å². The molecule has 6 heteroatoms. The second-order valence-corrected chi connectivity index (χ2v) is 5.18. The number of aromatic nitrogens is 2. The number of rotatable bonds is 3. The average molecular weight is 275 g/mol. The maximum atomic E-state index is 11.6. The average Bonchev–Trinajstić information content (AvgIpc) is 2.83. The fourth-order valence-electron chi connectivity index (χ4n) is 2.02.